The highest BCUT2D eigenvalue weighted by Crippen LogP contribution is 2.38. The van der Waals surface area contributed by atoms with Gasteiger partial charge in [0.2, 0.25) is 5.89 Å². The highest BCUT2D eigenvalue weighted by atomic mass is 79.9. The van der Waals surface area contributed by atoms with Gasteiger partial charge in [-0.1, -0.05) is 45.7 Å². The summed E-state index contributed by atoms with van der Waals surface area (Å²) in [5.74, 6) is 2.35. The number of nitrogens with zero attached hydrogens (tertiary/aromatic N) is 2. The highest BCUT2D eigenvalue weighted by molar-refractivity contribution is 9.10. The summed E-state index contributed by atoms with van der Waals surface area (Å²) in [6.07, 6.45) is 4.17. The normalized spacial score (nSPS) is 22.3. The molecule has 0 amide bonds. The molecule has 0 radical (unpaired) electrons. The molecule has 1 aromatic heterocycles. The topological polar surface area (TPSA) is 64.9 Å². The molecule has 1 aromatic carbocycles. The minimum atomic E-state index is 0.348. The van der Waals surface area contributed by atoms with Crippen molar-refractivity contribution < 1.29 is 4.52 Å². The highest BCUT2D eigenvalue weighted by Gasteiger charge is 2.31. The quantitative estimate of drug-likeness (QED) is 0.931. The van der Waals surface area contributed by atoms with Gasteiger partial charge < -0.3 is 10.3 Å². The maximum Gasteiger partial charge on any atom is 0.230 e. The van der Waals surface area contributed by atoms with Gasteiger partial charge in [0.15, 0.2) is 5.82 Å². The Morgan fingerprint density at radius 2 is 2.15 bits per heavy atom. The minimum absolute atomic E-state index is 0.348. The largest absolute Gasteiger partial charge is 0.339 e. The smallest absolute Gasteiger partial charge is 0.230 e. The summed E-state index contributed by atoms with van der Waals surface area (Å²) in [6.45, 7) is 0.701. The molecule has 1 fully saturated rings. The lowest BCUT2D eigenvalue weighted by Gasteiger charge is -2.12. The number of halogens is 1. The molecule has 2 aromatic rings. The Bertz CT molecular complexity index is 584. The summed E-state index contributed by atoms with van der Waals surface area (Å²) in [4.78, 5) is 4.57. The fourth-order valence-corrected chi connectivity index (χ4v) is 3.37. The first-order valence-electron chi connectivity index (χ1n) is 7.04. The average molecular weight is 336 g/mol. The SMILES string of the molecule is NCC1CCCC1c1nc(Cc2ccccc2Br)no1. The molecule has 106 valence electrons. The van der Waals surface area contributed by atoms with Crippen LogP contribution >= 0.6 is 15.9 Å². The van der Waals surface area contributed by atoms with E-state index in [1.54, 1.807) is 0 Å². The van der Waals surface area contributed by atoms with E-state index in [2.05, 4.69) is 32.1 Å². The second kappa shape index (κ2) is 6.06. The predicted octanol–water partition coefficient (Wildman–Crippen LogP) is 3.27. The first-order chi connectivity index (χ1) is 9.78. The van der Waals surface area contributed by atoms with Crippen molar-refractivity contribution in [3.05, 3.63) is 46.0 Å². The van der Waals surface area contributed by atoms with Crippen molar-refractivity contribution in [2.45, 2.75) is 31.6 Å². The molecule has 2 unspecified atom stereocenters. The van der Waals surface area contributed by atoms with E-state index in [4.69, 9.17) is 10.3 Å². The van der Waals surface area contributed by atoms with E-state index in [1.165, 1.54) is 18.4 Å². The Hall–Kier alpha value is -1.20. The number of aromatic nitrogens is 2. The van der Waals surface area contributed by atoms with Gasteiger partial charge in [0.25, 0.3) is 0 Å². The van der Waals surface area contributed by atoms with Crippen LogP contribution in [0.25, 0.3) is 0 Å². The van der Waals surface area contributed by atoms with E-state index in [1.807, 2.05) is 18.2 Å². The lowest BCUT2D eigenvalue weighted by molar-refractivity contribution is 0.323. The van der Waals surface area contributed by atoms with E-state index in [0.29, 0.717) is 24.8 Å². The van der Waals surface area contributed by atoms with Crippen molar-refractivity contribution in [3.63, 3.8) is 0 Å². The van der Waals surface area contributed by atoms with Crippen LogP contribution in [0.3, 0.4) is 0 Å². The van der Waals surface area contributed by atoms with Crippen LogP contribution in [0.15, 0.2) is 33.3 Å². The van der Waals surface area contributed by atoms with Gasteiger partial charge in [-0.2, -0.15) is 4.98 Å². The molecule has 0 aliphatic heterocycles. The Labute approximate surface area is 126 Å². The van der Waals surface area contributed by atoms with Crippen LogP contribution in [0.5, 0.6) is 0 Å². The third-order valence-electron chi connectivity index (χ3n) is 4.07. The van der Waals surface area contributed by atoms with E-state index < -0.39 is 0 Å². The van der Waals surface area contributed by atoms with E-state index in [0.717, 1.165) is 22.6 Å². The lowest BCUT2D eigenvalue weighted by Crippen LogP contribution is -2.17. The number of hydrogen-bond acceptors (Lipinski definition) is 4. The Balaban J connectivity index is 1.76. The Kier molecular flexibility index (Phi) is 4.17. The molecular formula is C15H18BrN3O. The molecule has 3 rings (SSSR count). The Morgan fingerprint density at radius 1 is 1.30 bits per heavy atom. The van der Waals surface area contributed by atoms with Crippen molar-refractivity contribution in [3.8, 4) is 0 Å². The molecule has 4 nitrogen and oxygen atoms in total. The van der Waals surface area contributed by atoms with Crippen LogP contribution in [0.1, 0.15) is 42.5 Å². The van der Waals surface area contributed by atoms with E-state index in [-0.39, 0.29) is 0 Å². The van der Waals surface area contributed by atoms with Crippen LogP contribution < -0.4 is 5.73 Å². The molecule has 0 bridgehead atoms. The standard InChI is InChI=1S/C15H18BrN3O/c16-13-7-2-1-4-10(13)8-14-18-15(20-19-14)12-6-3-5-11(12)9-17/h1-2,4,7,11-12H,3,5-6,8-9,17H2. The summed E-state index contributed by atoms with van der Waals surface area (Å²) in [6, 6.07) is 8.11. The van der Waals surface area contributed by atoms with Crippen LogP contribution in [0, 0.1) is 5.92 Å². The molecule has 1 saturated carbocycles. The number of nitrogens with two attached hydrogens (primary N) is 1. The molecule has 20 heavy (non-hydrogen) atoms. The van der Waals surface area contributed by atoms with Gasteiger partial charge in [0, 0.05) is 16.8 Å². The molecule has 1 aliphatic carbocycles. The summed E-state index contributed by atoms with van der Waals surface area (Å²) >= 11 is 3.54. The van der Waals surface area contributed by atoms with Gasteiger partial charge >= 0.3 is 0 Å². The van der Waals surface area contributed by atoms with Crippen LogP contribution in [0.2, 0.25) is 0 Å². The van der Waals surface area contributed by atoms with Crippen LogP contribution in [-0.4, -0.2) is 16.7 Å². The van der Waals surface area contributed by atoms with Crippen molar-refractivity contribution >= 4 is 15.9 Å². The van der Waals surface area contributed by atoms with Gasteiger partial charge in [-0.15, -0.1) is 0 Å². The number of benzene rings is 1. The van der Waals surface area contributed by atoms with Crippen molar-refractivity contribution in [1.29, 1.82) is 0 Å². The third kappa shape index (κ3) is 2.79. The zero-order valence-electron chi connectivity index (χ0n) is 11.3. The summed E-state index contributed by atoms with van der Waals surface area (Å²) in [5.41, 5.74) is 6.98. The van der Waals surface area contributed by atoms with Crippen molar-refractivity contribution in [1.82, 2.24) is 10.1 Å². The number of rotatable bonds is 4. The van der Waals surface area contributed by atoms with Gasteiger partial charge in [-0.05, 0) is 36.9 Å². The second-order valence-corrected chi connectivity index (χ2v) is 6.20. The van der Waals surface area contributed by atoms with Crippen LogP contribution in [0.4, 0.5) is 0 Å². The molecule has 2 atom stereocenters. The van der Waals surface area contributed by atoms with Gasteiger partial charge in [-0.25, -0.2) is 0 Å². The summed E-state index contributed by atoms with van der Waals surface area (Å²) in [5, 5.41) is 4.12. The first kappa shape index (κ1) is 13.8. The monoisotopic (exact) mass is 335 g/mol. The summed E-state index contributed by atoms with van der Waals surface area (Å²) < 4.78 is 6.54. The fourth-order valence-electron chi connectivity index (χ4n) is 2.95. The van der Waals surface area contributed by atoms with Crippen molar-refractivity contribution in [2.75, 3.05) is 6.54 Å². The zero-order valence-corrected chi connectivity index (χ0v) is 12.8. The fraction of sp³-hybridized carbons (Fsp3) is 0.467. The van der Waals surface area contributed by atoms with E-state index in [9.17, 15) is 0 Å². The molecule has 0 saturated heterocycles. The third-order valence-corrected chi connectivity index (χ3v) is 4.84. The van der Waals surface area contributed by atoms with E-state index >= 15 is 0 Å². The molecule has 1 heterocycles. The molecule has 1 aliphatic rings. The van der Waals surface area contributed by atoms with Gasteiger partial charge in [0.05, 0.1) is 0 Å². The molecular weight excluding hydrogens is 318 g/mol. The predicted molar refractivity (Wildman–Crippen MR) is 80.4 cm³/mol. The molecule has 2 N–H and O–H groups in total. The average Bonchev–Trinajstić information content (AvgIpc) is 3.09. The van der Waals surface area contributed by atoms with Crippen LogP contribution in [-0.2, 0) is 6.42 Å². The molecule has 0 spiro atoms. The Morgan fingerprint density at radius 3 is 2.95 bits per heavy atom. The maximum absolute atomic E-state index is 5.82. The lowest BCUT2D eigenvalue weighted by atomic mass is 9.96. The van der Waals surface area contributed by atoms with Gasteiger partial charge in [0.1, 0.15) is 0 Å². The first-order valence-corrected chi connectivity index (χ1v) is 7.83. The molecule has 5 heteroatoms. The minimum Gasteiger partial charge on any atom is -0.339 e. The van der Waals surface area contributed by atoms with Crippen molar-refractivity contribution in [2.24, 2.45) is 11.7 Å². The second-order valence-electron chi connectivity index (χ2n) is 5.35. The van der Waals surface area contributed by atoms with Gasteiger partial charge in [-0.3, -0.25) is 0 Å². The summed E-state index contributed by atoms with van der Waals surface area (Å²) in [7, 11) is 0. The maximum atomic E-state index is 5.82. The number of hydrogen-bond donors (Lipinski definition) is 1. The zero-order chi connectivity index (χ0) is 13.9.